The Morgan fingerprint density at radius 3 is 1.52 bits per heavy atom. The van der Waals surface area contributed by atoms with Crippen molar-refractivity contribution in [1.29, 1.82) is 0 Å². The number of nitrogens with zero attached hydrogens (tertiary/aromatic N) is 2. The van der Waals surface area contributed by atoms with Crippen LogP contribution >= 0.6 is 22.7 Å². The zero-order chi connectivity index (χ0) is 30.5. The Balaban J connectivity index is 1.38. The van der Waals surface area contributed by atoms with Gasteiger partial charge in [0.15, 0.2) is 0 Å². The Morgan fingerprint density at radius 1 is 0.370 bits per heavy atom. The summed E-state index contributed by atoms with van der Waals surface area (Å²) in [6, 6.07) is 49.0. The Kier molecular flexibility index (Phi) is 6.55. The van der Waals surface area contributed by atoms with Crippen LogP contribution in [-0.4, -0.2) is 9.97 Å². The van der Waals surface area contributed by atoms with Crippen LogP contribution < -0.4 is 0 Å². The molecule has 2 heterocycles. The van der Waals surface area contributed by atoms with E-state index in [-0.39, 0.29) is 0 Å². The summed E-state index contributed by atoms with van der Waals surface area (Å²) >= 11 is 3.35. The van der Waals surface area contributed by atoms with E-state index in [1.165, 1.54) is 86.6 Å². The second-order valence-electron chi connectivity index (χ2n) is 11.5. The zero-order valence-corrected chi connectivity index (χ0v) is 26.4. The first-order chi connectivity index (χ1) is 22.8. The minimum Gasteiger partial charge on any atom is -0.252 e. The van der Waals surface area contributed by atoms with Crippen LogP contribution in [0.3, 0.4) is 0 Å². The maximum absolute atomic E-state index is 4.36. The van der Waals surface area contributed by atoms with Crippen molar-refractivity contribution in [3.05, 3.63) is 157 Å². The molecule has 0 aliphatic heterocycles. The average molecular weight is 623 g/mol. The molecule has 0 spiro atoms. The standard InChI is InChI=1S/C42H26N2S2/c1-2-14-33-27(8-1)9-7-17-34(33)28-18-19-37-38(22-28)42(32-13-6-11-30(21-32)40-24-44-26-46-40)36-16-4-3-15-35(36)41(37)31-12-5-10-29(20-31)39-23-43-25-45-39/h1-26H. The van der Waals surface area contributed by atoms with E-state index in [4.69, 9.17) is 0 Å². The van der Waals surface area contributed by atoms with Gasteiger partial charge in [-0.05, 0) is 95.0 Å². The fourth-order valence-corrected chi connectivity index (χ4v) is 8.06. The summed E-state index contributed by atoms with van der Waals surface area (Å²) < 4.78 is 0. The van der Waals surface area contributed by atoms with E-state index in [0.29, 0.717) is 0 Å². The molecule has 0 amide bonds. The summed E-state index contributed by atoms with van der Waals surface area (Å²) in [5.41, 5.74) is 13.5. The van der Waals surface area contributed by atoms with Crippen molar-refractivity contribution < 1.29 is 0 Å². The van der Waals surface area contributed by atoms with E-state index >= 15 is 0 Å². The van der Waals surface area contributed by atoms with Crippen LogP contribution in [0.15, 0.2) is 157 Å². The summed E-state index contributed by atoms with van der Waals surface area (Å²) in [5.74, 6) is 0. The van der Waals surface area contributed by atoms with Gasteiger partial charge in [0, 0.05) is 12.4 Å². The van der Waals surface area contributed by atoms with Gasteiger partial charge in [0.1, 0.15) is 0 Å². The van der Waals surface area contributed by atoms with Crippen LogP contribution in [0.25, 0.3) is 86.6 Å². The maximum atomic E-state index is 4.36. The lowest BCUT2D eigenvalue weighted by Gasteiger charge is -2.19. The number of hydrogen-bond acceptors (Lipinski definition) is 4. The molecule has 46 heavy (non-hydrogen) atoms. The maximum Gasteiger partial charge on any atom is 0.0797 e. The second kappa shape index (κ2) is 11.2. The number of thiazole rings is 2. The molecule has 2 aromatic heterocycles. The minimum atomic E-state index is 1.17. The summed E-state index contributed by atoms with van der Waals surface area (Å²) in [6.07, 6.45) is 3.91. The molecule has 0 bridgehead atoms. The number of rotatable bonds is 5. The molecule has 0 aliphatic carbocycles. The normalized spacial score (nSPS) is 11.5. The minimum absolute atomic E-state index is 1.17. The van der Waals surface area contributed by atoms with Gasteiger partial charge in [0.05, 0.1) is 20.8 Å². The smallest absolute Gasteiger partial charge is 0.0797 e. The first kappa shape index (κ1) is 26.9. The molecule has 0 fully saturated rings. The van der Waals surface area contributed by atoms with Crippen molar-refractivity contribution in [1.82, 2.24) is 9.97 Å². The molecule has 0 aliphatic rings. The van der Waals surface area contributed by atoms with Crippen molar-refractivity contribution in [3.8, 4) is 54.3 Å². The monoisotopic (exact) mass is 622 g/mol. The van der Waals surface area contributed by atoms with Crippen molar-refractivity contribution in [2.45, 2.75) is 0 Å². The fourth-order valence-electron chi connectivity index (χ4n) is 6.82. The van der Waals surface area contributed by atoms with E-state index in [2.05, 4.69) is 143 Å². The largest absolute Gasteiger partial charge is 0.252 e. The van der Waals surface area contributed by atoms with E-state index in [9.17, 15) is 0 Å². The first-order valence-corrected chi connectivity index (χ1v) is 17.0. The lowest BCUT2D eigenvalue weighted by atomic mass is 9.84. The molecule has 2 nitrogen and oxygen atoms in total. The third-order valence-electron chi connectivity index (χ3n) is 8.86. The Morgan fingerprint density at radius 2 is 0.891 bits per heavy atom. The lowest BCUT2D eigenvalue weighted by molar-refractivity contribution is 1.42. The highest BCUT2D eigenvalue weighted by atomic mass is 32.1. The molecule has 0 radical (unpaired) electrons. The van der Waals surface area contributed by atoms with Crippen LogP contribution in [0.5, 0.6) is 0 Å². The zero-order valence-electron chi connectivity index (χ0n) is 24.7. The average Bonchev–Trinajstić information content (AvgIpc) is 3.86. The predicted molar refractivity (Wildman–Crippen MR) is 197 cm³/mol. The molecule has 9 aromatic rings. The highest BCUT2D eigenvalue weighted by Gasteiger charge is 2.19. The van der Waals surface area contributed by atoms with Gasteiger partial charge < -0.3 is 0 Å². The van der Waals surface area contributed by atoms with Gasteiger partial charge in [0.2, 0.25) is 0 Å². The van der Waals surface area contributed by atoms with Gasteiger partial charge >= 0.3 is 0 Å². The van der Waals surface area contributed by atoms with Gasteiger partial charge in [-0.3, -0.25) is 9.97 Å². The van der Waals surface area contributed by atoms with E-state index in [1.54, 1.807) is 22.7 Å². The summed E-state index contributed by atoms with van der Waals surface area (Å²) in [4.78, 5) is 11.0. The third-order valence-corrected chi connectivity index (χ3v) is 10.5. The lowest BCUT2D eigenvalue weighted by Crippen LogP contribution is -1.92. The molecule has 0 unspecified atom stereocenters. The van der Waals surface area contributed by atoms with Gasteiger partial charge in [-0.15, -0.1) is 22.7 Å². The van der Waals surface area contributed by atoms with Gasteiger partial charge in [-0.1, -0.05) is 115 Å². The molecule has 9 rings (SSSR count). The van der Waals surface area contributed by atoms with Crippen LogP contribution in [-0.2, 0) is 0 Å². The molecule has 0 saturated heterocycles. The second-order valence-corrected chi connectivity index (χ2v) is 13.2. The molecule has 7 aromatic carbocycles. The van der Waals surface area contributed by atoms with E-state index in [0.717, 1.165) is 0 Å². The molecule has 0 atom stereocenters. The van der Waals surface area contributed by atoms with Crippen LogP contribution in [0.1, 0.15) is 0 Å². The van der Waals surface area contributed by atoms with Crippen molar-refractivity contribution in [2.24, 2.45) is 0 Å². The van der Waals surface area contributed by atoms with E-state index < -0.39 is 0 Å². The fraction of sp³-hybridized carbons (Fsp3) is 0. The van der Waals surface area contributed by atoms with Gasteiger partial charge in [-0.2, -0.15) is 0 Å². The quantitative estimate of drug-likeness (QED) is 0.178. The van der Waals surface area contributed by atoms with E-state index in [1.807, 2.05) is 23.4 Å². The third kappa shape index (κ3) is 4.54. The Hall–Kier alpha value is -5.42. The first-order valence-electron chi connectivity index (χ1n) is 15.3. The molecule has 216 valence electrons. The van der Waals surface area contributed by atoms with Crippen molar-refractivity contribution in [3.63, 3.8) is 0 Å². The van der Waals surface area contributed by atoms with Gasteiger partial charge in [0.25, 0.3) is 0 Å². The number of benzene rings is 7. The van der Waals surface area contributed by atoms with Crippen LogP contribution in [0.2, 0.25) is 0 Å². The molecule has 0 N–H and O–H groups in total. The molecule has 4 heteroatoms. The highest BCUT2D eigenvalue weighted by Crippen LogP contribution is 2.46. The van der Waals surface area contributed by atoms with Crippen LogP contribution in [0.4, 0.5) is 0 Å². The number of hydrogen-bond donors (Lipinski definition) is 0. The van der Waals surface area contributed by atoms with Gasteiger partial charge in [-0.25, -0.2) is 0 Å². The molecular weight excluding hydrogens is 597 g/mol. The Bertz CT molecular complexity index is 2520. The topological polar surface area (TPSA) is 25.8 Å². The summed E-state index contributed by atoms with van der Waals surface area (Å²) in [6.45, 7) is 0. The number of aromatic nitrogens is 2. The van der Waals surface area contributed by atoms with Crippen molar-refractivity contribution >= 4 is 55.0 Å². The molecular formula is C42H26N2S2. The summed E-state index contributed by atoms with van der Waals surface area (Å²) in [5, 5.41) is 7.47. The predicted octanol–water partition coefficient (Wildman–Crippen LogP) is 12.4. The molecule has 0 saturated carbocycles. The van der Waals surface area contributed by atoms with Crippen LogP contribution in [0, 0.1) is 0 Å². The summed E-state index contributed by atoms with van der Waals surface area (Å²) in [7, 11) is 0. The number of fused-ring (bicyclic) bond motifs is 3. The highest BCUT2D eigenvalue weighted by molar-refractivity contribution is 7.13. The SMILES string of the molecule is c1cc(-c2cncs2)cc(-c2c3ccccc3c(-c3cccc(-c4cncs4)c3)c3cc(-c4cccc5ccccc45)ccc23)c1. The van der Waals surface area contributed by atoms with Crippen molar-refractivity contribution in [2.75, 3.05) is 0 Å². The Labute approximate surface area is 274 Å².